The maximum absolute atomic E-state index is 6.06. The van der Waals surface area contributed by atoms with Crippen molar-refractivity contribution in [2.24, 2.45) is 0 Å². The summed E-state index contributed by atoms with van der Waals surface area (Å²) in [5.74, 6) is 0.489. The Morgan fingerprint density at radius 2 is 2.06 bits per heavy atom. The van der Waals surface area contributed by atoms with Crippen molar-refractivity contribution in [3.05, 3.63) is 28.8 Å². The molecular formula is C13H19Cl2NO. The first-order valence-electron chi connectivity index (χ1n) is 5.70. The molecule has 0 spiro atoms. The number of hydrogen-bond acceptors (Lipinski definition) is 2. The lowest BCUT2D eigenvalue weighted by molar-refractivity contribution is 0.204. The number of halogens is 2. The highest BCUT2D eigenvalue weighted by Gasteiger charge is 2.14. The Morgan fingerprint density at radius 1 is 1.35 bits per heavy atom. The summed E-state index contributed by atoms with van der Waals surface area (Å²) >= 11 is 12.0. The van der Waals surface area contributed by atoms with E-state index in [-0.39, 0.29) is 0 Å². The SMILES string of the molecule is COCCN(c1cc(Cl)ccc1CCl)C(C)C. The molecular weight excluding hydrogens is 257 g/mol. The van der Waals surface area contributed by atoms with Crippen LogP contribution in [0.25, 0.3) is 0 Å². The quantitative estimate of drug-likeness (QED) is 0.730. The summed E-state index contributed by atoms with van der Waals surface area (Å²) in [5.41, 5.74) is 2.19. The molecule has 0 aromatic heterocycles. The summed E-state index contributed by atoms with van der Waals surface area (Å²) in [6, 6.07) is 6.20. The van der Waals surface area contributed by atoms with Gasteiger partial charge in [-0.3, -0.25) is 0 Å². The average Bonchev–Trinajstić information content (AvgIpc) is 2.29. The number of rotatable bonds is 6. The summed E-state index contributed by atoms with van der Waals surface area (Å²) in [6.07, 6.45) is 0. The predicted molar refractivity (Wildman–Crippen MR) is 75.4 cm³/mol. The predicted octanol–water partition coefficient (Wildman–Crippen LogP) is 3.94. The topological polar surface area (TPSA) is 12.5 Å². The Labute approximate surface area is 113 Å². The first kappa shape index (κ1) is 14.6. The molecule has 0 saturated carbocycles. The number of methoxy groups -OCH3 is 1. The Balaban J connectivity index is 3.02. The minimum atomic E-state index is 0.380. The largest absolute Gasteiger partial charge is 0.383 e. The van der Waals surface area contributed by atoms with Crippen LogP contribution in [0.1, 0.15) is 19.4 Å². The lowest BCUT2D eigenvalue weighted by Crippen LogP contribution is -2.34. The number of ether oxygens (including phenoxy) is 1. The fourth-order valence-electron chi connectivity index (χ4n) is 1.76. The van der Waals surface area contributed by atoms with E-state index in [0.29, 0.717) is 18.5 Å². The van der Waals surface area contributed by atoms with Crippen molar-refractivity contribution in [3.63, 3.8) is 0 Å². The zero-order valence-corrected chi connectivity index (χ0v) is 12.1. The molecule has 0 fully saturated rings. The van der Waals surface area contributed by atoms with Crippen molar-refractivity contribution in [1.82, 2.24) is 0 Å². The molecule has 0 aliphatic rings. The van der Waals surface area contributed by atoms with Gasteiger partial charge in [0.2, 0.25) is 0 Å². The molecule has 1 aromatic carbocycles. The van der Waals surface area contributed by atoms with Gasteiger partial charge in [0.05, 0.1) is 6.61 Å². The molecule has 1 aromatic rings. The second kappa shape index (κ2) is 7.10. The van der Waals surface area contributed by atoms with Crippen LogP contribution < -0.4 is 4.90 Å². The highest BCUT2D eigenvalue weighted by molar-refractivity contribution is 6.31. The smallest absolute Gasteiger partial charge is 0.0637 e. The highest BCUT2D eigenvalue weighted by Crippen LogP contribution is 2.27. The second-order valence-corrected chi connectivity index (χ2v) is 4.89. The van der Waals surface area contributed by atoms with Crippen LogP contribution in [0.15, 0.2) is 18.2 Å². The number of alkyl halides is 1. The molecule has 96 valence electrons. The van der Waals surface area contributed by atoms with Gasteiger partial charge >= 0.3 is 0 Å². The molecule has 17 heavy (non-hydrogen) atoms. The van der Waals surface area contributed by atoms with Crippen molar-refractivity contribution < 1.29 is 4.74 Å². The van der Waals surface area contributed by atoms with Gasteiger partial charge in [0.15, 0.2) is 0 Å². The van der Waals surface area contributed by atoms with Crippen LogP contribution in [0.3, 0.4) is 0 Å². The van der Waals surface area contributed by atoms with E-state index < -0.39 is 0 Å². The van der Waals surface area contributed by atoms with Crippen molar-refractivity contribution in [2.45, 2.75) is 25.8 Å². The van der Waals surface area contributed by atoms with E-state index in [0.717, 1.165) is 22.8 Å². The van der Waals surface area contributed by atoms with Gasteiger partial charge in [-0.25, -0.2) is 0 Å². The van der Waals surface area contributed by atoms with Gasteiger partial charge in [0.1, 0.15) is 0 Å². The zero-order valence-electron chi connectivity index (χ0n) is 10.5. The second-order valence-electron chi connectivity index (χ2n) is 4.19. The Hall–Kier alpha value is -0.440. The van der Waals surface area contributed by atoms with Crippen molar-refractivity contribution in [3.8, 4) is 0 Å². The van der Waals surface area contributed by atoms with Crippen LogP contribution >= 0.6 is 23.2 Å². The Morgan fingerprint density at radius 3 is 2.59 bits per heavy atom. The third kappa shape index (κ3) is 4.06. The van der Waals surface area contributed by atoms with Gasteiger partial charge < -0.3 is 9.64 Å². The van der Waals surface area contributed by atoms with E-state index >= 15 is 0 Å². The fourth-order valence-corrected chi connectivity index (χ4v) is 2.16. The van der Waals surface area contributed by atoms with Crippen LogP contribution in [-0.4, -0.2) is 26.3 Å². The molecule has 0 amide bonds. The van der Waals surface area contributed by atoms with Crippen LogP contribution in [0.4, 0.5) is 5.69 Å². The van der Waals surface area contributed by atoms with E-state index in [1.165, 1.54) is 0 Å². The molecule has 0 atom stereocenters. The van der Waals surface area contributed by atoms with Crippen molar-refractivity contribution in [1.29, 1.82) is 0 Å². The molecule has 0 aliphatic carbocycles. The van der Waals surface area contributed by atoms with Crippen molar-refractivity contribution >= 4 is 28.9 Å². The zero-order chi connectivity index (χ0) is 12.8. The number of benzene rings is 1. The summed E-state index contributed by atoms with van der Waals surface area (Å²) in [6.45, 7) is 5.81. The van der Waals surface area contributed by atoms with E-state index in [9.17, 15) is 0 Å². The standard InChI is InChI=1S/C13H19Cl2NO/c1-10(2)16(6-7-17-3)13-8-12(15)5-4-11(13)9-14/h4-5,8,10H,6-7,9H2,1-3H3. The molecule has 2 nitrogen and oxygen atoms in total. The van der Waals surface area contributed by atoms with Crippen LogP contribution in [0, 0.1) is 0 Å². The van der Waals surface area contributed by atoms with Gasteiger partial charge in [0, 0.05) is 36.3 Å². The molecule has 1 rings (SSSR count). The van der Waals surface area contributed by atoms with Crippen LogP contribution in [0.5, 0.6) is 0 Å². The van der Waals surface area contributed by atoms with Gasteiger partial charge in [-0.15, -0.1) is 11.6 Å². The number of anilines is 1. The fraction of sp³-hybridized carbons (Fsp3) is 0.538. The third-order valence-electron chi connectivity index (χ3n) is 2.66. The molecule has 0 aliphatic heterocycles. The lowest BCUT2D eigenvalue weighted by atomic mass is 10.1. The minimum Gasteiger partial charge on any atom is -0.383 e. The summed E-state index contributed by atoms with van der Waals surface area (Å²) in [5, 5.41) is 0.733. The van der Waals surface area contributed by atoms with Crippen LogP contribution in [0.2, 0.25) is 5.02 Å². The maximum atomic E-state index is 6.06. The van der Waals surface area contributed by atoms with Gasteiger partial charge in [-0.1, -0.05) is 17.7 Å². The van der Waals surface area contributed by atoms with Crippen LogP contribution in [-0.2, 0) is 10.6 Å². The molecule has 0 bridgehead atoms. The third-order valence-corrected chi connectivity index (χ3v) is 3.18. The van der Waals surface area contributed by atoms with E-state index in [1.54, 1.807) is 7.11 Å². The molecule has 0 heterocycles. The summed E-state index contributed by atoms with van der Waals surface area (Å²) in [7, 11) is 1.71. The van der Waals surface area contributed by atoms with E-state index in [1.807, 2.05) is 18.2 Å². The summed E-state index contributed by atoms with van der Waals surface area (Å²) < 4.78 is 5.14. The number of nitrogens with zero attached hydrogens (tertiary/aromatic N) is 1. The monoisotopic (exact) mass is 275 g/mol. The summed E-state index contributed by atoms with van der Waals surface area (Å²) in [4.78, 5) is 2.26. The molecule has 4 heteroatoms. The maximum Gasteiger partial charge on any atom is 0.0637 e. The molecule has 0 N–H and O–H groups in total. The first-order chi connectivity index (χ1) is 8.10. The first-order valence-corrected chi connectivity index (χ1v) is 6.61. The van der Waals surface area contributed by atoms with Gasteiger partial charge in [0.25, 0.3) is 0 Å². The molecule has 0 saturated heterocycles. The molecule has 0 radical (unpaired) electrons. The lowest BCUT2D eigenvalue weighted by Gasteiger charge is -2.30. The average molecular weight is 276 g/mol. The Bertz CT molecular complexity index is 355. The number of hydrogen-bond donors (Lipinski definition) is 0. The van der Waals surface area contributed by atoms with Gasteiger partial charge in [-0.2, -0.15) is 0 Å². The van der Waals surface area contributed by atoms with E-state index in [4.69, 9.17) is 27.9 Å². The van der Waals surface area contributed by atoms with Crippen molar-refractivity contribution in [2.75, 3.05) is 25.2 Å². The normalized spacial score (nSPS) is 10.9. The van der Waals surface area contributed by atoms with E-state index in [2.05, 4.69) is 18.7 Å². The molecule has 0 unspecified atom stereocenters. The van der Waals surface area contributed by atoms with Gasteiger partial charge in [-0.05, 0) is 31.5 Å². The Kier molecular flexibility index (Phi) is 6.10. The minimum absolute atomic E-state index is 0.380. The highest BCUT2D eigenvalue weighted by atomic mass is 35.5.